The van der Waals surface area contributed by atoms with Gasteiger partial charge in [-0.05, 0) is 49.5 Å². The number of hydrogen-bond donors (Lipinski definition) is 2. The molecule has 8 nitrogen and oxygen atoms in total. The van der Waals surface area contributed by atoms with E-state index < -0.39 is 0 Å². The largest absolute Gasteiger partial charge is 0.454 e. The fourth-order valence-electron chi connectivity index (χ4n) is 2.76. The van der Waals surface area contributed by atoms with E-state index in [0.717, 1.165) is 60.8 Å². The summed E-state index contributed by atoms with van der Waals surface area (Å²) in [5.74, 6) is 5.28. The van der Waals surface area contributed by atoms with Gasteiger partial charge in [0.15, 0.2) is 23.3 Å². The van der Waals surface area contributed by atoms with Crippen LogP contribution in [0.15, 0.2) is 23.2 Å². The number of fused-ring (bicyclic) bond motifs is 1. The van der Waals surface area contributed by atoms with Gasteiger partial charge in [-0.25, -0.2) is 4.99 Å². The number of nitrogens with one attached hydrogen (secondary N) is 2. The van der Waals surface area contributed by atoms with Crippen LogP contribution in [0.2, 0.25) is 0 Å². The Bertz CT molecular complexity index is 808. The van der Waals surface area contributed by atoms with E-state index in [1.54, 1.807) is 0 Å². The van der Waals surface area contributed by atoms with Crippen molar-refractivity contribution in [3.8, 4) is 11.5 Å². The minimum Gasteiger partial charge on any atom is -0.454 e. The highest BCUT2D eigenvalue weighted by atomic mass is 32.2. The fourth-order valence-corrected chi connectivity index (χ4v) is 3.19. The molecule has 0 amide bonds. The molecular formula is C19H28N6O2S. The van der Waals surface area contributed by atoms with Crippen LogP contribution in [0.25, 0.3) is 0 Å². The first kappa shape index (κ1) is 20.3. The number of aliphatic imine (C=N–C) groups is 1. The molecule has 1 aliphatic rings. The zero-order chi connectivity index (χ0) is 19.8. The van der Waals surface area contributed by atoms with Gasteiger partial charge in [-0.3, -0.25) is 0 Å². The molecule has 2 N–H and O–H groups in total. The molecule has 0 aliphatic carbocycles. The number of aryl methyl sites for hydroxylation is 1. The maximum absolute atomic E-state index is 5.45. The van der Waals surface area contributed by atoms with Crippen molar-refractivity contribution < 1.29 is 9.47 Å². The highest BCUT2D eigenvalue weighted by molar-refractivity contribution is 7.98. The van der Waals surface area contributed by atoms with Crippen molar-refractivity contribution in [3.63, 3.8) is 0 Å². The third-order valence-electron chi connectivity index (χ3n) is 4.52. The van der Waals surface area contributed by atoms with Gasteiger partial charge in [0, 0.05) is 20.1 Å². The Hall–Kier alpha value is -2.42. The van der Waals surface area contributed by atoms with Crippen molar-refractivity contribution in [1.29, 1.82) is 0 Å². The predicted molar refractivity (Wildman–Crippen MR) is 112 cm³/mol. The van der Waals surface area contributed by atoms with Gasteiger partial charge >= 0.3 is 0 Å². The quantitative estimate of drug-likeness (QED) is 0.375. The molecule has 0 atom stereocenters. The number of hydrogen-bond acceptors (Lipinski definition) is 6. The summed E-state index contributed by atoms with van der Waals surface area (Å²) < 4.78 is 12.8. The summed E-state index contributed by atoms with van der Waals surface area (Å²) in [6.45, 7) is 4.38. The standard InChI is InChI=1S/C19H28N6O2S/c1-14-23-24-18(25(14)2)12-22-19(20-8-4-10-28-3)21-9-7-15-5-6-16-17(11-15)27-13-26-16/h5-6,11H,4,7-10,12-13H2,1-3H3,(H2,20,21,22). The maximum atomic E-state index is 5.45. The molecule has 1 aromatic heterocycles. The number of benzene rings is 1. The van der Waals surface area contributed by atoms with E-state index in [9.17, 15) is 0 Å². The Morgan fingerprint density at radius 3 is 2.82 bits per heavy atom. The van der Waals surface area contributed by atoms with Gasteiger partial charge < -0.3 is 24.7 Å². The van der Waals surface area contributed by atoms with Crippen molar-refractivity contribution in [2.75, 3.05) is 31.9 Å². The third-order valence-corrected chi connectivity index (χ3v) is 5.22. The average molecular weight is 405 g/mol. The zero-order valence-corrected chi connectivity index (χ0v) is 17.5. The second-order valence-corrected chi connectivity index (χ2v) is 7.51. The van der Waals surface area contributed by atoms with E-state index in [1.165, 1.54) is 5.56 Å². The molecule has 2 heterocycles. The van der Waals surface area contributed by atoms with Crippen LogP contribution in [0.1, 0.15) is 23.6 Å². The van der Waals surface area contributed by atoms with Gasteiger partial charge in [0.2, 0.25) is 6.79 Å². The molecule has 2 aromatic rings. The van der Waals surface area contributed by atoms with E-state index in [2.05, 4.69) is 38.1 Å². The summed E-state index contributed by atoms with van der Waals surface area (Å²) in [5, 5.41) is 15.1. The Labute approximate surface area is 170 Å². The molecule has 0 saturated heterocycles. The number of guanidine groups is 1. The van der Waals surface area contributed by atoms with Gasteiger partial charge in [-0.15, -0.1) is 10.2 Å². The van der Waals surface area contributed by atoms with Gasteiger partial charge in [-0.2, -0.15) is 11.8 Å². The van der Waals surface area contributed by atoms with Crippen LogP contribution in [0, 0.1) is 6.92 Å². The lowest BCUT2D eigenvalue weighted by Crippen LogP contribution is -2.39. The molecule has 0 fully saturated rings. The second kappa shape index (κ2) is 10.2. The first-order chi connectivity index (χ1) is 13.7. The Balaban J connectivity index is 1.55. The summed E-state index contributed by atoms with van der Waals surface area (Å²) in [6.07, 6.45) is 4.08. The average Bonchev–Trinajstić information content (AvgIpc) is 3.29. The summed E-state index contributed by atoms with van der Waals surface area (Å²) in [5.41, 5.74) is 1.20. The molecule has 1 aliphatic heterocycles. The minimum atomic E-state index is 0.301. The monoisotopic (exact) mass is 404 g/mol. The topological polar surface area (TPSA) is 85.6 Å². The van der Waals surface area contributed by atoms with Gasteiger partial charge in [0.05, 0.1) is 0 Å². The Morgan fingerprint density at radius 1 is 1.21 bits per heavy atom. The molecule has 0 radical (unpaired) electrons. The van der Waals surface area contributed by atoms with Crippen molar-refractivity contribution in [3.05, 3.63) is 35.4 Å². The third kappa shape index (κ3) is 5.54. The molecule has 0 bridgehead atoms. The van der Waals surface area contributed by atoms with Crippen molar-refractivity contribution >= 4 is 17.7 Å². The van der Waals surface area contributed by atoms with Crippen LogP contribution in [0.4, 0.5) is 0 Å². The van der Waals surface area contributed by atoms with Crippen molar-refractivity contribution in [2.45, 2.75) is 26.3 Å². The number of ether oxygens (including phenoxy) is 2. The zero-order valence-electron chi connectivity index (χ0n) is 16.7. The molecule has 28 heavy (non-hydrogen) atoms. The van der Waals surface area contributed by atoms with Gasteiger partial charge in [-0.1, -0.05) is 6.07 Å². The first-order valence-electron chi connectivity index (χ1n) is 9.42. The molecular weight excluding hydrogens is 376 g/mol. The number of thioether (sulfide) groups is 1. The number of aromatic nitrogens is 3. The Morgan fingerprint density at radius 2 is 2.04 bits per heavy atom. The van der Waals surface area contributed by atoms with Crippen LogP contribution in [0.3, 0.4) is 0 Å². The number of rotatable bonds is 9. The van der Waals surface area contributed by atoms with Crippen molar-refractivity contribution in [1.82, 2.24) is 25.4 Å². The number of nitrogens with zero attached hydrogens (tertiary/aromatic N) is 4. The van der Waals surface area contributed by atoms with E-state index >= 15 is 0 Å². The van der Waals surface area contributed by atoms with Crippen LogP contribution in [0.5, 0.6) is 11.5 Å². The molecule has 0 spiro atoms. The van der Waals surface area contributed by atoms with E-state index in [4.69, 9.17) is 9.47 Å². The lowest BCUT2D eigenvalue weighted by atomic mass is 10.1. The predicted octanol–water partition coefficient (Wildman–Crippen LogP) is 1.88. The summed E-state index contributed by atoms with van der Waals surface area (Å²) in [7, 11) is 1.96. The van der Waals surface area contributed by atoms with E-state index in [-0.39, 0.29) is 0 Å². The molecule has 1 aromatic carbocycles. The Kier molecular flexibility index (Phi) is 7.41. The fraction of sp³-hybridized carbons (Fsp3) is 0.526. The molecule has 3 rings (SSSR count). The highest BCUT2D eigenvalue weighted by Crippen LogP contribution is 2.32. The van der Waals surface area contributed by atoms with Crippen LogP contribution in [-0.2, 0) is 20.0 Å². The van der Waals surface area contributed by atoms with Gasteiger partial charge in [0.25, 0.3) is 0 Å². The summed E-state index contributed by atoms with van der Waals surface area (Å²) >= 11 is 1.85. The molecule has 0 saturated carbocycles. The smallest absolute Gasteiger partial charge is 0.231 e. The normalized spacial score (nSPS) is 13.0. The molecule has 0 unspecified atom stereocenters. The van der Waals surface area contributed by atoms with Gasteiger partial charge in [0.1, 0.15) is 12.4 Å². The molecule has 9 heteroatoms. The van der Waals surface area contributed by atoms with Crippen molar-refractivity contribution in [2.24, 2.45) is 12.0 Å². The maximum Gasteiger partial charge on any atom is 0.231 e. The lowest BCUT2D eigenvalue weighted by Gasteiger charge is -2.13. The summed E-state index contributed by atoms with van der Waals surface area (Å²) in [6, 6.07) is 6.07. The van der Waals surface area contributed by atoms with E-state index in [0.29, 0.717) is 13.3 Å². The van der Waals surface area contributed by atoms with Crippen LogP contribution in [-0.4, -0.2) is 52.6 Å². The lowest BCUT2D eigenvalue weighted by molar-refractivity contribution is 0.174. The first-order valence-corrected chi connectivity index (χ1v) is 10.8. The highest BCUT2D eigenvalue weighted by Gasteiger charge is 2.13. The summed E-state index contributed by atoms with van der Waals surface area (Å²) in [4.78, 5) is 4.67. The second-order valence-electron chi connectivity index (χ2n) is 6.52. The molecule has 152 valence electrons. The van der Waals surface area contributed by atoms with Crippen LogP contribution >= 0.6 is 11.8 Å². The SMILES string of the molecule is CSCCCNC(=NCc1nnc(C)n1C)NCCc1ccc2c(c1)OCO2. The minimum absolute atomic E-state index is 0.301. The van der Waals surface area contributed by atoms with Crippen LogP contribution < -0.4 is 20.1 Å². The van der Waals surface area contributed by atoms with E-state index in [1.807, 2.05) is 42.4 Å².